The van der Waals surface area contributed by atoms with E-state index in [4.69, 9.17) is 9.47 Å². The summed E-state index contributed by atoms with van der Waals surface area (Å²) in [6.45, 7) is 4.09. The SMILES string of the molecule is CCCCc1c(C2CCCCC2)cc(C)c(OC(=O)c2ccccc2)c1OC(=O)c1ccccc1. The molecule has 0 unspecified atom stereocenters. The molecule has 3 aromatic rings. The van der Waals surface area contributed by atoms with Gasteiger partial charge in [0.05, 0.1) is 11.1 Å². The van der Waals surface area contributed by atoms with Gasteiger partial charge < -0.3 is 9.47 Å². The molecule has 4 nitrogen and oxygen atoms in total. The minimum absolute atomic E-state index is 0.341. The molecule has 182 valence electrons. The summed E-state index contributed by atoms with van der Waals surface area (Å²) in [6, 6.07) is 20.0. The molecule has 0 aromatic heterocycles. The van der Waals surface area contributed by atoms with Crippen LogP contribution in [-0.4, -0.2) is 11.9 Å². The van der Waals surface area contributed by atoms with Gasteiger partial charge in [-0.3, -0.25) is 0 Å². The topological polar surface area (TPSA) is 52.6 Å². The first-order valence-corrected chi connectivity index (χ1v) is 12.8. The van der Waals surface area contributed by atoms with E-state index >= 15 is 0 Å². The maximum absolute atomic E-state index is 13.2. The Balaban J connectivity index is 1.81. The number of carbonyl (C=O) groups excluding carboxylic acids is 2. The number of esters is 2. The summed E-state index contributed by atoms with van der Waals surface area (Å²) in [6.07, 6.45) is 8.70. The molecular formula is C31H34O4. The highest BCUT2D eigenvalue weighted by Crippen LogP contribution is 2.44. The molecule has 35 heavy (non-hydrogen) atoms. The minimum Gasteiger partial charge on any atom is -0.419 e. The fraction of sp³-hybridized carbons (Fsp3) is 0.355. The van der Waals surface area contributed by atoms with Gasteiger partial charge >= 0.3 is 11.9 Å². The van der Waals surface area contributed by atoms with Crippen LogP contribution in [0.3, 0.4) is 0 Å². The van der Waals surface area contributed by atoms with Gasteiger partial charge in [0.15, 0.2) is 11.5 Å². The molecule has 0 radical (unpaired) electrons. The summed E-state index contributed by atoms with van der Waals surface area (Å²) in [5.41, 5.74) is 3.98. The fourth-order valence-electron chi connectivity index (χ4n) is 4.91. The van der Waals surface area contributed by atoms with E-state index in [1.165, 1.54) is 24.8 Å². The average Bonchev–Trinajstić information content (AvgIpc) is 2.91. The molecular weight excluding hydrogens is 436 g/mol. The van der Waals surface area contributed by atoms with Crippen LogP contribution in [0.2, 0.25) is 0 Å². The molecule has 3 aromatic carbocycles. The van der Waals surface area contributed by atoms with Gasteiger partial charge in [-0.25, -0.2) is 9.59 Å². The van der Waals surface area contributed by atoms with Crippen molar-refractivity contribution >= 4 is 11.9 Å². The van der Waals surface area contributed by atoms with E-state index in [0.29, 0.717) is 28.5 Å². The van der Waals surface area contributed by atoms with Gasteiger partial charge in [-0.2, -0.15) is 0 Å². The number of hydrogen-bond donors (Lipinski definition) is 0. The Hall–Kier alpha value is -3.40. The lowest BCUT2D eigenvalue weighted by Gasteiger charge is -2.27. The van der Waals surface area contributed by atoms with Crippen molar-refractivity contribution < 1.29 is 19.1 Å². The van der Waals surface area contributed by atoms with E-state index in [9.17, 15) is 9.59 Å². The smallest absolute Gasteiger partial charge is 0.343 e. The second kappa shape index (κ2) is 11.8. The maximum Gasteiger partial charge on any atom is 0.343 e. The molecule has 1 aliphatic carbocycles. The highest BCUT2D eigenvalue weighted by molar-refractivity contribution is 5.93. The van der Waals surface area contributed by atoms with Crippen LogP contribution in [0.5, 0.6) is 11.5 Å². The van der Waals surface area contributed by atoms with Crippen LogP contribution in [0.25, 0.3) is 0 Å². The predicted octanol–water partition coefficient (Wildman–Crippen LogP) is 7.82. The van der Waals surface area contributed by atoms with Gasteiger partial charge in [0.1, 0.15) is 0 Å². The first-order chi connectivity index (χ1) is 17.1. The van der Waals surface area contributed by atoms with Crippen molar-refractivity contribution in [1.82, 2.24) is 0 Å². The predicted molar refractivity (Wildman–Crippen MR) is 138 cm³/mol. The molecule has 0 atom stereocenters. The summed E-state index contributed by atoms with van der Waals surface area (Å²) < 4.78 is 12.0. The monoisotopic (exact) mass is 470 g/mol. The van der Waals surface area contributed by atoms with Crippen LogP contribution in [0.4, 0.5) is 0 Å². The van der Waals surface area contributed by atoms with Crippen LogP contribution in [0.15, 0.2) is 66.7 Å². The van der Waals surface area contributed by atoms with Crippen molar-refractivity contribution in [2.45, 2.75) is 71.1 Å². The highest BCUT2D eigenvalue weighted by Gasteiger charge is 2.28. The van der Waals surface area contributed by atoms with Crippen molar-refractivity contribution in [2.24, 2.45) is 0 Å². The standard InChI is InChI=1S/C31H34O4/c1-3-4-20-26-27(23-14-8-5-9-15-23)21-22(2)28(34-30(32)24-16-10-6-11-17-24)29(26)35-31(33)25-18-12-7-13-19-25/h6-7,10-13,16-19,21,23H,3-5,8-9,14-15,20H2,1-2H3. The van der Waals surface area contributed by atoms with Crippen molar-refractivity contribution in [3.05, 3.63) is 94.5 Å². The number of rotatable bonds is 8. The van der Waals surface area contributed by atoms with Gasteiger partial charge in [0.25, 0.3) is 0 Å². The molecule has 0 spiro atoms. The Morgan fingerprint density at radius 2 is 1.34 bits per heavy atom. The lowest BCUT2D eigenvalue weighted by atomic mass is 9.80. The molecule has 1 fully saturated rings. The molecule has 0 amide bonds. The van der Waals surface area contributed by atoms with Crippen LogP contribution in [0.1, 0.15) is 95.2 Å². The molecule has 4 rings (SSSR count). The quantitative estimate of drug-likeness (QED) is 0.249. The third-order valence-electron chi connectivity index (χ3n) is 6.79. The molecule has 1 saturated carbocycles. The number of ether oxygens (including phenoxy) is 2. The molecule has 0 aliphatic heterocycles. The van der Waals surface area contributed by atoms with E-state index in [2.05, 4.69) is 13.0 Å². The fourth-order valence-corrected chi connectivity index (χ4v) is 4.91. The van der Waals surface area contributed by atoms with Gasteiger partial charge in [-0.15, -0.1) is 0 Å². The normalized spacial score (nSPS) is 13.9. The zero-order valence-corrected chi connectivity index (χ0v) is 20.7. The van der Waals surface area contributed by atoms with E-state index in [1.54, 1.807) is 36.4 Å². The van der Waals surface area contributed by atoms with Crippen LogP contribution in [0, 0.1) is 6.92 Å². The van der Waals surface area contributed by atoms with E-state index in [-0.39, 0.29) is 0 Å². The maximum atomic E-state index is 13.2. The highest BCUT2D eigenvalue weighted by atomic mass is 16.6. The molecule has 0 bridgehead atoms. The number of unbranched alkanes of at least 4 members (excludes halogenated alkanes) is 1. The zero-order chi connectivity index (χ0) is 24.6. The summed E-state index contributed by atoms with van der Waals surface area (Å²) in [5.74, 6) is 0.270. The Morgan fingerprint density at radius 3 is 1.89 bits per heavy atom. The molecule has 1 aliphatic rings. The minimum atomic E-state index is -0.461. The van der Waals surface area contributed by atoms with E-state index in [0.717, 1.165) is 43.2 Å². The summed E-state index contributed by atoms with van der Waals surface area (Å²) in [5, 5.41) is 0. The van der Waals surface area contributed by atoms with E-state index in [1.807, 2.05) is 31.2 Å². The second-order valence-electron chi connectivity index (χ2n) is 9.37. The van der Waals surface area contributed by atoms with Crippen molar-refractivity contribution in [1.29, 1.82) is 0 Å². The lowest BCUT2D eigenvalue weighted by molar-refractivity contribution is 0.0679. The average molecular weight is 471 g/mol. The lowest BCUT2D eigenvalue weighted by Crippen LogP contribution is -2.17. The summed E-state index contributed by atoms with van der Waals surface area (Å²) in [7, 11) is 0. The zero-order valence-electron chi connectivity index (χ0n) is 20.7. The van der Waals surface area contributed by atoms with Crippen molar-refractivity contribution in [2.75, 3.05) is 0 Å². The Morgan fingerprint density at radius 1 is 0.800 bits per heavy atom. The summed E-state index contributed by atoms with van der Waals surface area (Å²) >= 11 is 0. The van der Waals surface area contributed by atoms with Gasteiger partial charge in [0.2, 0.25) is 0 Å². The number of aryl methyl sites for hydroxylation is 1. The Bertz CT molecular complexity index is 1150. The second-order valence-corrected chi connectivity index (χ2v) is 9.37. The van der Waals surface area contributed by atoms with Gasteiger partial charge in [0, 0.05) is 5.56 Å². The third kappa shape index (κ3) is 6.00. The Labute approximate surface area is 208 Å². The summed E-state index contributed by atoms with van der Waals surface area (Å²) in [4.78, 5) is 26.2. The third-order valence-corrected chi connectivity index (χ3v) is 6.79. The first kappa shape index (κ1) is 24.7. The van der Waals surface area contributed by atoms with Crippen molar-refractivity contribution in [3.8, 4) is 11.5 Å². The van der Waals surface area contributed by atoms with Crippen molar-refractivity contribution in [3.63, 3.8) is 0 Å². The number of benzene rings is 3. The van der Waals surface area contributed by atoms with Gasteiger partial charge in [-0.05, 0) is 73.9 Å². The van der Waals surface area contributed by atoms with Gasteiger partial charge in [-0.1, -0.05) is 75.1 Å². The number of hydrogen-bond acceptors (Lipinski definition) is 4. The van der Waals surface area contributed by atoms with Crippen LogP contribution in [-0.2, 0) is 6.42 Å². The Kier molecular flexibility index (Phi) is 8.36. The largest absolute Gasteiger partial charge is 0.419 e. The number of carbonyl (C=O) groups is 2. The first-order valence-electron chi connectivity index (χ1n) is 12.8. The molecule has 0 saturated heterocycles. The van der Waals surface area contributed by atoms with Crippen LogP contribution >= 0.6 is 0 Å². The molecule has 0 heterocycles. The van der Waals surface area contributed by atoms with Crippen LogP contribution < -0.4 is 9.47 Å². The van der Waals surface area contributed by atoms with E-state index < -0.39 is 11.9 Å². The molecule has 0 N–H and O–H groups in total. The molecule has 4 heteroatoms.